The molecule has 17 heavy (non-hydrogen) atoms. The Kier molecular flexibility index (Phi) is 8.01. The van der Waals surface area contributed by atoms with Gasteiger partial charge in [-0.3, -0.25) is 4.98 Å². The van der Waals surface area contributed by atoms with Crippen LogP contribution in [-0.2, 0) is 6.54 Å². The van der Waals surface area contributed by atoms with E-state index >= 15 is 0 Å². The summed E-state index contributed by atoms with van der Waals surface area (Å²) >= 11 is 6.87. The number of aliphatic hydroxyl groups excluding tert-OH is 1. The fraction of sp³-hybridized carbons (Fsp3) is 0.583. The number of aromatic nitrogens is 1. The number of hydrogen-bond donors (Lipinski definition) is 2. The average Bonchev–Trinajstić information content (AvgIpc) is 2.30. The lowest BCUT2D eigenvalue weighted by Gasteiger charge is -2.06. The van der Waals surface area contributed by atoms with Gasteiger partial charge in [0, 0.05) is 28.3 Å². The minimum Gasteiger partial charge on any atom is -0.396 e. The van der Waals surface area contributed by atoms with Crippen LogP contribution in [-0.4, -0.2) is 23.2 Å². The van der Waals surface area contributed by atoms with E-state index < -0.39 is 0 Å². The van der Waals surface area contributed by atoms with Gasteiger partial charge in [-0.05, 0) is 57.3 Å². The van der Waals surface area contributed by atoms with E-state index in [1.807, 2.05) is 12.3 Å². The van der Waals surface area contributed by atoms with Gasteiger partial charge >= 0.3 is 0 Å². The summed E-state index contributed by atoms with van der Waals surface area (Å²) in [6.45, 7) is 2.09. The summed E-state index contributed by atoms with van der Waals surface area (Å²) in [4.78, 5) is 4.34. The number of nitrogens with zero attached hydrogens (tertiary/aromatic N) is 1. The zero-order valence-electron chi connectivity index (χ0n) is 9.75. The highest BCUT2D eigenvalue weighted by molar-refractivity contribution is 9.11. The van der Waals surface area contributed by atoms with Crippen molar-refractivity contribution in [1.29, 1.82) is 0 Å². The summed E-state index contributed by atoms with van der Waals surface area (Å²) < 4.78 is 2.01. The van der Waals surface area contributed by atoms with Gasteiger partial charge in [-0.15, -0.1) is 0 Å². The molecule has 0 aliphatic heterocycles. The molecule has 0 saturated carbocycles. The van der Waals surface area contributed by atoms with Crippen molar-refractivity contribution < 1.29 is 5.11 Å². The van der Waals surface area contributed by atoms with Crippen LogP contribution in [0, 0.1) is 0 Å². The van der Waals surface area contributed by atoms with E-state index in [9.17, 15) is 0 Å². The van der Waals surface area contributed by atoms with Crippen LogP contribution in [0.1, 0.15) is 31.4 Å². The smallest absolute Gasteiger partial charge is 0.0684 e. The summed E-state index contributed by atoms with van der Waals surface area (Å²) in [5.41, 5.74) is 1.03. The first-order valence-corrected chi connectivity index (χ1v) is 7.44. The Hall–Kier alpha value is 0.0300. The Morgan fingerprint density at radius 1 is 1.18 bits per heavy atom. The van der Waals surface area contributed by atoms with E-state index in [0.29, 0.717) is 6.61 Å². The molecule has 0 bridgehead atoms. The standard InChI is InChI=1S/C12H18Br2N2O/c13-10-7-11(14)12(16-8-10)9-15-5-3-1-2-4-6-17/h7-8,15,17H,1-6,9H2. The third kappa shape index (κ3) is 6.50. The molecular weight excluding hydrogens is 348 g/mol. The van der Waals surface area contributed by atoms with Crippen molar-refractivity contribution in [2.24, 2.45) is 0 Å². The molecular formula is C12H18Br2N2O. The molecule has 0 fully saturated rings. The minimum atomic E-state index is 0.309. The molecule has 0 saturated heterocycles. The maximum atomic E-state index is 8.64. The van der Waals surface area contributed by atoms with Crippen molar-refractivity contribution in [2.75, 3.05) is 13.2 Å². The molecule has 2 N–H and O–H groups in total. The second-order valence-corrected chi connectivity index (χ2v) is 5.67. The zero-order valence-corrected chi connectivity index (χ0v) is 12.9. The lowest BCUT2D eigenvalue weighted by Crippen LogP contribution is -2.16. The van der Waals surface area contributed by atoms with Gasteiger partial charge in [-0.2, -0.15) is 0 Å². The molecule has 0 unspecified atom stereocenters. The Balaban J connectivity index is 2.14. The maximum absolute atomic E-state index is 8.64. The zero-order chi connectivity index (χ0) is 12.5. The van der Waals surface area contributed by atoms with Gasteiger partial charge in [0.1, 0.15) is 0 Å². The maximum Gasteiger partial charge on any atom is 0.0684 e. The van der Waals surface area contributed by atoms with Gasteiger partial charge < -0.3 is 10.4 Å². The highest BCUT2D eigenvalue weighted by atomic mass is 79.9. The third-order valence-corrected chi connectivity index (χ3v) is 3.56. The molecule has 5 heteroatoms. The van der Waals surface area contributed by atoms with Crippen LogP contribution in [0.5, 0.6) is 0 Å². The first-order chi connectivity index (χ1) is 8.24. The number of rotatable bonds is 8. The molecule has 0 amide bonds. The van der Waals surface area contributed by atoms with Crippen LogP contribution in [0.25, 0.3) is 0 Å². The number of nitrogens with one attached hydrogen (secondary N) is 1. The Labute approximate surface area is 119 Å². The summed E-state index contributed by atoms with van der Waals surface area (Å²) in [5, 5.41) is 12.0. The van der Waals surface area contributed by atoms with Crippen molar-refractivity contribution in [3.63, 3.8) is 0 Å². The predicted molar refractivity (Wildman–Crippen MR) is 76.9 cm³/mol. The van der Waals surface area contributed by atoms with Crippen molar-refractivity contribution in [2.45, 2.75) is 32.2 Å². The van der Waals surface area contributed by atoms with Gasteiger partial charge in [0.15, 0.2) is 0 Å². The molecule has 0 radical (unpaired) electrons. The van der Waals surface area contributed by atoms with Crippen molar-refractivity contribution in [3.8, 4) is 0 Å². The van der Waals surface area contributed by atoms with Crippen LogP contribution in [0.4, 0.5) is 0 Å². The SMILES string of the molecule is OCCCCCCNCc1ncc(Br)cc1Br. The molecule has 0 atom stereocenters. The summed E-state index contributed by atoms with van der Waals surface area (Å²) in [7, 11) is 0. The van der Waals surface area contributed by atoms with Crippen LogP contribution < -0.4 is 5.32 Å². The van der Waals surface area contributed by atoms with Crippen LogP contribution in [0.15, 0.2) is 21.2 Å². The number of hydrogen-bond acceptors (Lipinski definition) is 3. The number of pyridine rings is 1. The summed E-state index contributed by atoms with van der Waals surface area (Å²) in [6.07, 6.45) is 6.15. The lowest BCUT2D eigenvalue weighted by atomic mass is 10.2. The normalized spacial score (nSPS) is 10.8. The van der Waals surface area contributed by atoms with Crippen molar-refractivity contribution in [1.82, 2.24) is 10.3 Å². The van der Waals surface area contributed by atoms with E-state index in [0.717, 1.165) is 47.0 Å². The fourth-order valence-electron chi connectivity index (χ4n) is 1.50. The van der Waals surface area contributed by atoms with Crippen LogP contribution in [0.2, 0.25) is 0 Å². The average molecular weight is 366 g/mol. The second-order valence-electron chi connectivity index (χ2n) is 3.90. The van der Waals surface area contributed by atoms with Crippen LogP contribution >= 0.6 is 31.9 Å². The monoisotopic (exact) mass is 364 g/mol. The minimum absolute atomic E-state index is 0.309. The van der Waals surface area contributed by atoms with Gasteiger partial charge in [0.05, 0.1) is 5.69 Å². The molecule has 0 aliphatic carbocycles. The number of unbranched alkanes of at least 4 members (excludes halogenated alkanes) is 3. The molecule has 1 heterocycles. The van der Waals surface area contributed by atoms with Gasteiger partial charge in [-0.1, -0.05) is 12.8 Å². The molecule has 0 aliphatic rings. The first kappa shape index (κ1) is 15.1. The molecule has 1 aromatic heterocycles. The molecule has 0 spiro atoms. The van der Waals surface area contributed by atoms with Gasteiger partial charge in [0.25, 0.3) is 0 Å². The Morgan fingerprint density at radius 3 is 2.65 bits per heavy atom. The molecule has 96 valence electrons. The molecule has 1 aromatic rings. The topological polar surface area (TPSA) is 45.1 Å². The summed E-state index contributed by atoms with van der Waals surface area (Å²) in [5.74, 6) is 0. The lowest BCUT2D eigenvalue weighted by molar-refractivity contribution is 0.282. The Morgan fingerprint density at radius 2 is 1.94 bits per heavy atom. The summed E-state index contributed by atoms with van der Waals surface area (Å²) in [6, 6.07) is 2.01. The molecule has 0 aromatic carbocycles. The second kappa shape index (κ2) is 9.03. The van der Waals surface area contributed by atoms with Crippen molar-refractivity contribution >= 4 is 31.9 Å². The van der Waals surface area contributed by atoms with E-state index in [1.54, 1.807) is 0 Å². The van der Waals surface area contributed by atoms with Crippen molar-refractivity contribution in [3.05, 3.63) is 26.9 Å². The molecule has 3 nitrogen and oxygen atoms in total. The number of aliphatic hydroxyl groups is 1. The Bertz CT molecular complexity index is 334. The molecule has 1 rings (SSSR count). The van der Waals surface area contributed by atoms with Gasteiger partial charge in [-0.25, -0.2) is 0 Å². The highest BCUT2D eigenvalue weighted by Crippen LogP contribution is 2.19. The number of halogens is 2. The van der Waals surface area contributed by atoms with E-state index in [2.05, 4.69) is 42.2 Å². The predicted octanol–water partition coefficient (Wildman–Crippen LogP) is 3.25. The highest BCUT2D eigenvalue weighted by Gasteiger charge is 2.01. The fourth-order valence-corrected chi connectivity index (χ4v) is 2.62. The van der Waals surface area contributed by atoms with E-state index in [1.165, 1.54) is 6.42 Å². The quantitative estimate of drug-likeness (QED) is 0.695. The third-order valence-electron chi connectivity index (χ3n) is 2.44. The van der Waals surface area contributed by atoms with Gasteiger partial charge in [0.2, 0.25) is 0 Å². The van der Waals surface area contributed by atoms with E-state index in [4.69, 9.17) is 5.11 Å². The van der Waals surface area contributed by atoms with E-state index in [-0.39, 0.29) is 0 Å². The first-order valence-electron chi connectivity index (χ1n) is 5.85. The van der Waals surface area contributed by atoms with Crippen LogP contribution in [0.3, 0.4) is 0 Å². The largest absolute Gasteiger partial charge is 0.396 e.